The molecule has 190 valence electrons. The molecule has 1 aliphatic heterocycles. The first kappa shape index (κ1) is 25.2. The van der Waals surface area contributed by atoms with Crippen LogP contribution in [0.1, 0.15) is 37.4 Å². The van der Waals surface area contributed by atoms with Gasteiger partial charge >= 0.3 is 0 Å². The van der Waals surface area contributed by atoms with E-state index in [2.05, 4.69) is 15.6 Å². The van der Waals surface area contributed by atoms with Crippen LogP contribution in [0.2, 0.25) is 5.02 Å². The maximum atomic E-state index is 13.8. The maximum absolute atomic E-state index is 13.8. The number of amides is 3. The molecule has 0 aliphatic carbocycles. The van der Waals surface area contributed by atoms with Crippen molar-refractivity contribution in [1.82, 2.24) is 9.88 Å². The summed E-state index contributed by atoms with van der Waals surface area (Å²) < 4.78 is 0. The molecule has 2 heterocycles. The number of nitrogens with one attached hydrogen (secondary N) is 2. The molecular formula is C30H25ClN4O3. The monoisotopic (exact) mass is 524 g/mol. The zero-order valence-electron chi connectivity index (χ0n) is 20.6. The van der Waals surface area contributed by atoms with Gasteiger partial charge in [0, 0.05) is 29.7 Å². The lowest BCUT2D eigenvalue weighted by Gasteiger charge is -2.29. The first-order chi connectivity index (χ1) is 18.4. The number of carbonyl (C=O) groups is 3. The summed E-state index contributed by atoms with van der Waals surface area (Å²) >= 11 is 6.15. The summed E-state index contributed by atoms with van der Waals surface area (Å²) in [6.45, 7) is 2.19. The molecule has 5 rings (SSSR count). The molecule has 0 saturated carbocycles. The van der Waals surface area contributed by atoms with Crippen LogP contribution in [0.15, 0.2) is 91.1 Å². The summed E-state index contributed by atoms with van der Waals surface area (Å²) in [4.78, 5) is 45.5. The predicted molar refractivity (Wildman–Crippen MR) is 147 cm³/mol. The van der Waals surface area contributed by atoms with Crippen molar-refractivity contribution in [2.24, 2.45) is 0 Å². The third-order valence-electron chi connectivity index (χ3n) is 6.43. The van der Waals surface area contributed by atoms with Gasteiger partial charge in [-0.2, -0.15) is 0 Å². The minimum atomic E-state index is -0.747. The number of aryl methyl sites for hydroxylation is 1. The molecule has 1 aliphatic rings. The Labute approximate surface area is 225 Å². The van der Waals surface area contributed by atoms with Crippen molar-refractivity contribution >= 4 is 40.8 Å². The van der Waals surface area contributed by atoms with Crippen LogP contribution < -0.4 is 10.6 Å². The molecule has 1 atom stereocenters. The van der Waals surface area contributed by atoms with Crippen molar-refractivity contribution in [3.05, 3.63) is 124 Å². The Morgan fingerprint density at radius 1 is 0.974 bits per heavy atom. The SMILES string of the molecule is Cc1ccc(CC2C(=O)Nc3cc(Cl)ccc3C(=O)N2Cc2ccc(C(=O)Nc3ccccn3)cc2)cc1. The zero-order chi connectivity index (χ0) is 26.6. The van der Waals surface area contributed by atoms with Crippen molar-refractivity contribution < 1.29 is 14.4 Å². The van der Waals surface area contributed by atoms with E-state index in [0.717, 1.165) is 16.7 Å². The van der Waals surface area contributed by atoms with Crippen molar-refractivity contribution in [2.75, 3.05) is 10.6 Å². The molecule has 1 unspecified atom stereocenters. The van der Waals surface area contributed by atoms with E-state index in [9.17, 15) is 14.4 Å². The first-order valence-electron chi connectivity index (χ1n) is 12.2. The van der Waals surface area contributed by atoms with Gasteiger partial charge in [-0.15, -0.1) is 0 Å². The normalized spacial score (nSPS) is 14.9. The van der Waals surface area contributed by atoms with Gasteiger partial charge in [0.1, 0.15) is 11.9 Å². The van der Waals surface area contributed by atoms with Crippen LogP contribution in [-0.2, 0) is 17.8 Å². The fraction of sp³-hybridized carbons (Fsp3) is 0.133. The van der Waals surface area contributed by atoms with Crippen molar-refractivity contribution in [3.8, 4) is 0 Å². The average molecular weight is 525 g/mol. The Balaban J connectivity index is 1.42. The molecule has 0 spiro atoms. The summed E-state index contributed by atoms with van der Waals surface area (Å²) in [5.74, 6) is -0.389. The van der Waals surface area contributed by atoms with Crippen molar-refractivity contribution in [2.45, 2.75) is 25.9 Å². The van der Waals surface area contributed by atoms with E-state index < -0.39 is 6.04 Å². The number of carbonyl (C=O) groups excluding carboxylic acids is 3. The maximum Gasteiger partial charge on any atom is 0.256 e. The number of hydrogen-bond acceptors (Lipinski definition) is 4. The van der Waals surface area contributed by atoms with Gasteiger partial charge in [0.25, 0.3) is 11.8 Å². The third-order valence-corrected chi connectivity index (χ3v) is 6.67. The lowest BCUT2D eigenvalue weighted by molar-refractivity contribution is -0.120. The smallest absolute Gasteiger partial charge is 0.256 e. The summed E-state index contributed by atoms with van der Waals surface area (Å²) in [6.07, 6.45) is 1.95. The molecule has 0 radical (unpaired) electrons. The molecule has 3 amide bonds. The highest BCUT2D eigenvalue weighted by atomic mass is 35.5. The quantitative estimate of drug-likeness (QED) is 0.348. The highest BCUT2D eigenvalue weighted by Gasteiger charge is 2.35. The van der Waals surface area contributed by atoms with Crippen LogP contribution >= 0.6 is 11.6 Å². The number of halogens is 1. The molecule has 7 nitrogen and oxygen atoms in total. The second kappa shape index (κ2) is 10.9. The summed E-state index contributed by atoms with van der Waals surface area (Å²) in [7, 11) is 0. The first-order valence-corrected chi connectivity index (χ1v) is 12.5. The van der Waals surface area contributed by atoms with Gasteiger partial charge in [-0.25, -0.2) is 4.98 Å². The van der Waals surface area contributed by atoms with Crippen LogP contribution in [0.4, 0.5) is 11.5 Å². The second-order valence-corrected chi connectivity index (χ2v) is 9.62. The minimum absolute atomic E-state index is 0.187. The number of aromatic nitrogens is 1. The van der Waals surface area contributed by atoms with E-state index >= 15 is 0 Å². The lowest BCUT2D eigenvalue weighted by atomic mass is 10.0. The molecule has 4 aromatic rings. The molecule has 38 heavy (non-hydrogen) atoms. The van der Waals surface area contributed by atoms with Crippen molar-refractivity contribution in [3.63, 3.8) is 0 Å². The predicted octanol–water partition coefficient (Wildman–Crippen LogP) is 5.50. The van der Waals surface area contributed by atoms with Crippen LogP contribution in [-0.4, -0.2) is 33.6 Å². The molecule has 3 aromatic carbocycles. The van der Waals surface area contributed by atoms with E-state index in [1.807, 2.05) is 31.2 Å². The number of anilines is 2. The standard InChI is InChI=1S/C30H25ClN4O3/c1-19-5-7-20(8-6-19)16-26-29(37)33-25-17-23(31)13-14-24(25)30(38)35(26)18-21-9-11-22(12-10-21)28(36)34-27-4-2-3-15-32-27/h2-15,17,26H,16,18H2,1H3,(H,33,37)(H,32,34,36). The highest BCUT2D eigenvalue weighted by Crippen LogP contribution is 2.29. The van der Waals surface area contributed by atoms with Crippen molar-refractivity contribution in [1.29, 1.82) is 0 Å². The third kappa shape index (κ3) is 5.58. The molecule has 8 heteroatoms. The Kier molecular flexibility index (Phi) is 7.20. The van der Waals surface area contributed by atoms with E-state index in [1.165, 1.54) is 0 Å². The Hall–Kier alpha value is -4.49. The summed E-state index contributed by atoms with van der Waals surface area (Å²) in [6, 6.07) is 24.3. The number of hydrogen-bond donors (Lipinski definition) is 2. The number of fused-ring (bicyclic) bond motifs is 1. The van der Waals surface area contributed by atoms with E-state index in [0.29, 0.717) is 34.1 Å². The van der Waals surface area contributed by atoms with Crippen LogP contribution in [0, 0.1) is 6.92 Å². The Morgan fingerprint density at radius 2 is 1.71 bits per heavy atom. The summed E-state index contributed by atoms with van der Waals surface area (Å²) in [5, 5.41) is 6.08. The number of nitrogens with zero attached hydrogens (tertiary/aromatic N) is 2. The number of rotatable bonds is 6. The fourth-order valence-electron chi connectivity index (χ4n) is 4.38. The molecule has 0 saturated heterocycles. The van der Waals surface area contributed by atoms with Crippen LogP contribution in [0.5, 0.6) is 0 Å². The Bertz CT molecular complexity index is 1490. The zero-order valence-corrected chi connectivity index (χ0v) is 21.4. The number of benzene rings is 3. The van der Waals surface area contributed by atoms with Crippen LogP contribution in [0.3, 0.4) is 0 Å². The molecule has 2 N–H and O–H groups in total. The van der Waals surface area contributed by atoms with Gasteiger partial charge in [-0.05, 0) is 60.5 Å². The van der Waals surface area contributed by atoms with Gasteiger partial charge in [-0.1, -0.05) is 59.6 Å². The Morgan fingerprint density at radius 3 is 2.42 bits per heavy atom. The van der Waals surface area contributed by atoms with Gasteiger partial charge in [0.05, 0.1) is 11.3 Å². The van der Waals surface area contributed by atoms with Gasteiger partial charge in [-0.3, -0.25) is 14.4 Å². The van der Waals surface area contributed by atoms with Gasteiger partial charge in [0.2, 0.25) is 5.91 Å². The largest absolute Gasteiger partial charge is 0.323 e. The minimum Gasteiger partial charge on any atom is -0.323 e. The van der Waals surface area contributed by atoms with E-state index in [-0.39, 0.29) is 24.3 Å². The van der Waals surface area contributed by atoms with Crippen LogP contribution in [0.25, 0.3) is 0 Å². The highest BCUT2D eigenvalue weighted by molar-refractivity contribution is 6.31. The second-order valence-electron chi connectivity index (χ2n) is 9.18. The van der Waals surface area contributed by atoms with Gasteiger partial charge in [0.15, 0.2) is 0 Å². The van der Waals surface area contributed by atoms with Gasteiger partial charge < -0.3 is 15.5 Å². The molecule has 0 fully saturated rings. The molecular weight excluding hydrogens is 500 g/mol. The summed E-state index contributed by atoms with van der Waals surface area (Å²) in [5.41, 5.74) is 4.06. The fourth-order valence-corrected chi connectivity index (χ4v) is 4.55. The average Bonchev–Trinajstić information content (AvgIpc) is 3.00. The molecule has 1 aromatic heterocycles. The number of pyridine rings is 1. The molecule has 0 bridgehead atoms. The lowest BCUT2D eigenvalue weighted by Crippen LogP contribution is -2.46. The van der Waals surface area contributed by atoms with E-state index in [4.69, 9.17) is 11.6 Å². The van der Waals surface area contributed by atoms with E-state index in [1.54, 1.807) is 71.8 Å². The topological polar surface area (TPSA) is 91.4 Å².